The van der Waals surface area contributed by atoms with E-state index >= 15 is 0 Å². The molecule has 20 heavy (non-hydrogen) atoms. The van der Waals surface area contributed by atoms with E-state index in [0.29, 0.717) is 0 Å². The number of Topliss-reactive ketones (excluding diaryl/α,β-unsaturated/α-hetero) is 1. The van der Waals surface area contributed by atoms with Gasteiger partial charge in [0.1, 0.15) is 0 Å². The van der Waals surface area contributed by atoms with E-state index in [-0.39, 0.29) is 11.7 Å². The standard InChI is InChI=1S/C18H15NO/c1-13(14-6-3-2-4-7-14)18(20)17-9-5-8-15-12-19-11-10-16(15)17/h2-13H,1H3. The summed E-state index contributed by atoms with van der Waals surface area (Å²) in [6.07, 6.45) is 3.52. The van der Waals surface area contributed by atoms with Crippen molar-refractivity contribution < 1.29 is 4.79 Å². The number of carbonyl (C=O) groups is 1. The number of ketones is 1. The molecule has 0 N–H and O–H groups in total. The Hall–Kier alpha value is -2.48. The number of hydrogen-bond acceptors (Lipinski definition) is 2. The molecule has 0 bridgehead atoms. The van der Waals surface area contributed by atoms with Crippen molar-refractivity contribution in [2.45, 2.75) is 12.8 Å². The van der Waals surface area contributed by atoms with Crippen molar-refractivity contribution in [1.82, 2.24) is 4.98 Å². The molecule has 98 valence electrons. The van der Waals surface area contributed by atoms with Crippen molar-refractivity contribution in [2.75, 3.05) is 0 Å². The predicted molar refractivity (Wildman–Crippen MR) is 80.9 cm³/mol. The van der Waals surface area contributed by atoms with Crippen LogP contribution in [0.25, 0.3) is 10.8 Å². The zero-order valence-electron chi connectivity index (χ0n) is 11.3. The molecule has 0 aliphatic heterocycles. The minimum absolute atomic E-state index is 0.144. The molecule has 0 spiro atoms. The lowest BCUT2D eigenvalue weighted by molar-refractivity contribution is 0.0967. The van der Waals surface area contributed by atoms with E-state index in [1.54, 1.807) is 12.4 Å². The highest BCUT2D eigenvalue weighted by atomic mass is 16.1. The van der Waals surface area contributed by atoms with Crippen LogP contribution in [0.3, 0.4) is 0 Å². The molecule has 0 aliphatic carbocycles. The van der Waals surface area contributed by atoms with Gasteiger partial charge in [0.15, 0.2) is 5.78 Å². The van der Waals surface area contributed by atoms with Crippen LogP contribution in [0.4, 0.5) is 0 Å². The third-order valence-corrected chi connectivity index (χ3v) is 3.64. The number of rotatable bonds is 3. The molecule has 0 saturated heterocycles. The summed E-state index contributed by atoms with van der Waals surface area (Å²) in [4.78, 5) is 16.8. The molecule has 2 heteroatoms. The van der Waals surface area contributed by atoms with Gasteiger partial charge in [0.05, 0.1) is 0 Å². The maximum Gasteiger partial charge on any atom is 0.170 e. The van der Waals surface area contributed by atoms with Crippen LogP contribution in [0.15, 0.2) is 67.0 Å². The smallest absolute Gasteiger partial charge is 0.170 e. The van der Waals surface area contributed by atoms with Crippen LogP contribution in [-0.2, 0) is 0 Å². The van der Waals surface area contributed by atoms with Gasteiger partial charge >= 0.3 is 0 Å². The highest BCUT2D eigenvalue weighted by Crippen LogP contribution is 2.25. The Morgan fingerprint density at radius 3 is 2.60 bits per heavy atom. The van der Waals surface area contributed by atoms with Crippen LogP contribution in [0, 0.1) is 0 Å². The Bertz CT molecular complexity index is 744. The van der Waals surface area contributed by atoms with Crippen molar-refractivity contribution in [2.24, 2.45) is 0 Å². The van der Waals surface area contributed by atoms with E-state index in [1.807, 2.05) is 61.5 Å². The van der Waals surface area contributed by atoms with E-state index in [1.165, 1.54) is 0 Å². The third-order valence-electron chi connectivity index (χ3n) is 3.64. The van der Waals surface area contributed by atoms with Gasteiger partial charge in [0.2, 0.25) is 0 Å². The summed E-state index contributed by atoms with van der Waals surface area (Å²) >= 11 is 0. The fourth-order valence-corrected chi connectivity index (χ4v) is 2.46. The zero-order chi connectivity index (χ0) is 13.9. The third kappa shape index (κ3) is 2.21. The highest BCUT2D eigenvalue weighted by Gasteiger charge is 2.18. The first kappa shape index (κ1) is 12.5. The molecule has 1 unspecified atom stereocenters. The Morgan fingerprint density at radius 2 is 1.80 bits per heavy atom. The van der Waals surface area contributed by atoms with Crippen LogP contribution < -0.4 is 0 Å². The second kappa shape index (κ2) is 5.25. The normalized spacial score (nSPS) is 12.2. The average molecular weight is 261 g/mol. The van der Waals surface area contributed by atoms with E-state index < -0.39 is 0 Å². The number of pyridine rings is 1. The lowest BCUT2D eigenvalue weighted by Gasteiger charge is -2.12. The second-order valence-corrected chi connectivity index (χ2v) is 4.90. The second-order valence-electron chi connectivity index (χ2n) is 4.90. The number of hydrogen-bond donors (Lipinski definition) is 0. The van der Waals surface area contributed by atoms with Gasteiger partial charge < -0.3 is 0 Å². The van der Waals surface area contributed by atoms with Crippen LogP contribution in [0.2, 0.25) is 0 Å². The average Bonchev–Trinajstić information content (AvgIpc) is 2.54. The molecule has 0 amide bonds. The number of benzene rings is 2. The topological polar surface area (TPSA) is 30.0 Å². The van der Waals surface area contributed by atoms with E-state index in [0.717, 1.165) is 21.9 Å². The monoisotopic (exact) mass is 261 g/mol. The molecule has 0 fully saturated rings. The molecule has 1 aromatic heterocycles. The largest absolute Gasteiger partial charge is 0.293 e. The molecule has 2 aromatic carbocycles. The van der Waals surface area contributed by atoms with E-state index in [2.05, 4.69) is 4.98 Å². The summed E-state index contributed by atoms with van der Waals surface area (Å²) in [6.45, 7) is 1.96. The van der Waals surface area contributed by atoms with Crippen LogP contribution in [0.1, 0.15) is 28.8 Å². The number of aromatic nitrogens is 1. The van der Waals surface area contributed by atoms with Crippen molar-refractivity contribution >= 4 is 16.6 Å². The lowest BCUT2D eigenvalue weighted by Crippen LogP contribution is -2.10. The predicted octanol–water partition coefficient (Wildman–Crippen LogP) is 4.22. The van der Waals surface area contributed by atoms with Crippen molar-refractivity contribution in [3.05, 3.63) is 78.1 Å². The zero-order valence-corrected chi connectivity index (χ0v) is 11.3. The quantitative estimate of drug-likeness (QED) is 0.661. The van der Waals surface area contributed by atoms with Crippen molar-refractivity contribution in [1.29, 1.82) is 0 Å². The maximum atomic E-state index is 12.7. The lowest BCUT2D eigenvalue weighted by atomic mass is 9.90. The van der Waals surface area contributed by atoms with E-state index in [9.17, 15) is 4.79 Å². The fourth-order valence-electron chi connectivity index (χ4n) is 2.46. The number of nitrogens with zero attached hydrogens (tertiary/aromatic N) is 1. The molecule has 3 aromatic rings. The van der Waals surface area contributed by atoms with Gasteiger partial charge in [0, 0.05) is 29.3 Å². The Kier molecular flexibility index (Phi) is 3.30. The summed E-state index contributed by atoms with van der Waals surface area (Å²) in [5, 5.41) is 1.97. The molecule has 2 nitrogen and oxygen atoms in total. The molecule has 0 aliphatic rings. The van der Waals surface area contributed by atoms with Gasteiger partial charge in [-0.1, -0.05) is 55.5 Å². The molecule has 1 atom stereocenters. The first-order valence-electron chi connectivity index (χ1n) is 6.69. The summed E-state index contributed by atoms with van der Waals surface area (Å²) in [7, 11) is 0. The minimum Gasteiger partial charge on any atom is -0.293 e. The van der Waals surface area contributed by atoms with E-state index in [4.69, 9.17) is 0 Å². The first-order chi connectivity index (χ1) is 9.77. The van der Waals surface area contributed by atoms with Crippen molar-refractivity contribution in [3.8, 4) is 0 Å². The minimum atomic E-state index is -0.144. The maximum absolute atomic E-state index is 12.7. The first-order valence-corrected chi connectivity index (χ1v) is 6.69. The van der Waals surface area contributed by atoms with Gasteiger partial charge in [-0.15, -0.1) is 0 Å². The highest BCUT2D eigenvalue weighted by molar-refractivity contribution is 6.10. The van der Waals surface area contributed by atoms with Crippen LogP contribution >= 0.6 is 0 Å². The number of carbonyl (C=O) groups excluding carboxylic acids is 1. The molecular formula is C18H15NO. The molecular weight excluding hydrogens is 246 g/mol. The Balaban J connectivity index is 2.05. The summed E-state index contributed by atoms with van der Waals surface area (Å²) in [6, 6.07) is 17.6. The van der Waals surface area contributed by atoms with Gasteiger partial charge in [-0.3, -0.25) is 9.78 Å². The van der Waals surface area contributed by atoms with Gasteiger partial charge in [-0.25, -0.2) is 0 Å². The fraction of sp³-hybridized carbons (Fsp3) is 0.111. The number of fused-ring (bicyclic) bond motifs is 1. The molecule has 0 radical (unpaired) electrons. The Morgan fingerprint density at radius 1 is 1.00 bits per heavy atom. The summed E-state index contributed by atoms with van der Waals surface area (Å²) in [5.41, 5.74) is 1.81. The van der Waals surface area contributed by atoms with Gasteiger partial charge in [-0.2, -0.15) is 0 Å². The van der Waals surface area contributed by atoms with Crippen molar-refractivity contribution in [3.63, 3.8) is 0 Å². The van der Waals surface area contributed by atoms with Gasteiger partial charge in [-0.05, 0) is 17.0 Å². The Labute approximate surface area is 118 Å². The summed E-state index contributed by atoms with van der Waals surface area (Å²) in [5.74, 6) is 0.00275. The van der Waals surface area contributed by atoms with Crippen LogP contribution in [0.5, 0.6) is 0 Å². The molecule has 0 saturated carbocycles. The molecule has 3 rings (SSSR count). The SMILES string of the molecule is CC(C(=O)c1cccc2cnccc12)c1ccccc1. The summed E-state index contributed by atoms with van der Waals surface area (Å²) < 4.78 is 0. The van der Waals surface area contributed by atoms with Gasteiger partial charge in [0.25, 0.3) is 0 Å². The molecule has 1 heterocycles. The van der Waals surface area contributed by atoms with Crippen LogP contribution in [-0.4, -0.2) is 10.8 Å².